The fraction of sp³-hybridized carbons (Fsp3) is 0.154. The van der Waals surface area contributed by atoms with Gasteiger partial charge in [0, 0.05) is 5.69 Å². The predicted octanol–water partition coefficient (Wildman–Crippen LogP) is 2.67. The molecule has 0 fully saturated rings. The molecule has 2 aromatic rings. The van der Waals surface area contributed by atoms with Crippen LogP contribution >= 0.6 is 0 Å². The van der Waals surface area contributed by atoms with Gasteiger partial charge in [-0.2, -0.15) is 0 Å². The zero-order valence-corrected chi connectivity index (χ0v) is 10.4. The van der Waals surface area contributed by atoms with Gasteiger partial charge in [-0.05, 0) is 31.5 Å². The second kappa shape index (κ2) is 5.01. The number of aryl methyl sites for hydroxylation is 2. The van der Waals surface area contributed by atoms with Crippen LogP contribution in [0.15, 0.2) is 24.3 Å². The van der Waals surface area contributed by atoms with Crippen LogP contribution in [0.3, 0.4) is 0 Å². The summed E-state index contributed by atoms with van der Waals surface area (Å²) in [5.41, 5.74) is 1.28. The van der Waals surface area contributed by atoms with Crippen LogP contribution in [0.2, 0.25) is 0 Å². The number of carboxylic acid groups (broad SMARTS) is 1. The van der Waals surface area contributed by atoms with E-state index >= 15 is 0 Å². The third-order valence-electron chi connectivity index (χ3n) is 2.53. The Kier molecular flexibility index (Phi) is 3.41. The number of rotatable bonds is 3. The Bertz CT molecular complexity index is 624. The molecule has 0 amide bonds. The van der Waals surface area contributed by atoms with Crippen LogP contribution in [0.4, 0.5) is 16.0 Å². The van der Waals surface area contributed by atoms with E-state index in [4.69, 9.17) is 5.11 Å². The summed E-state index contributed by atoms with van der Waals surface area (Å²) in [7, 11) is 0. The quantitative estimate of drug-likeness (QED) is 0.888. The molecule has 0 unspecified atom stereocenters. The van der Waals surface area contributed by atoms with Gasteiger partial charge < -0.3 is 10.4 Å². The number of para-hydroxylation sites is 1. The average Bonchev–Trinajstić information content (AvgIpc) is 2.33. The van der Waals surface area contributed by atoms with Crippen molar-refractivity contribution >= 4 is 17.6 Å². The number of nitrogens with one attached hydrogen (secondary N) is 1. The van der Waals surface area contributed by atoms with E-state index in [2.05, 4.69) is 15.3 Å². The Morgan fingerprint density at radius 1 is 1.32 bits per heavy atom. The lowest BCUT2D eigenvalue weighted by molar-refractivity contribution is 0.0690. The van der Waals surface area contributed by atoms with Gasteiger partial charge in [-0.1, -0.05) is 12.1 Å². The van der Waals surface area contributed by atoms with E-state index in [1.54, 1.807) is 26.0 Å². The highest BCUT2D eigenvalue weighted by Crippen LogP contribution is 2.22. The fourth-order valence-electron chi connectivity index (χ4n) is 1.64. The van der Waals surface area contributed by atoms with Crippen LogP contribution in [-0.4, -0.2) is 21.0 Å². The molecule has 0 aliphatic carbocycles. The van der Waals surface area contributed by atoms with Crippen molar-refractivity contribution in [1.82, 2.24) is 9.97 Å². The number of halogens is 1. The first-order valence-electron chi connectivity index (χ1n) is 5.58. The lowest BCUT2D eigenvalue weighted by Crippen LogP contribution is -2.07. The van der Waals surface area contributed by atoms with Gasteiger partial charge in [-0.3, -0.25) is 0 Å². The summed E-state index contributed by atoms with van der Waals surface area (Å²) in [6.07, 6.45) is 0. The van der Waals surface area contributed by atoms with Crippen LogP contribution in [-0.2, 0) is 0 Å². The van der Waals surface area contributed by atoms with E-state index in [0.717, 1.165) is 0 Å². The molecule has 1 aromatic carbocycles. The fourth-order valence-corrected chi connectivity index (χ4v) is 1.64. The molecule has 19 heavy (non-hydrogen) atoms. The van der Waals surface area contributed by atoms with Crippen LogP contribution < -0.4 is 5.32 Å². The maximum absolute atomic E-state index is 13.7. The van der Waals surface area contributed by atoms with Gasteiger partial charge in [0.15, 0.2) is 5.69 Å². The van der Waals surface area contributed by atoms with E-state index in [9.17, 15) is 9.18 Å². The molecule has 1 aromatic heterocycles. The summed E-state index contributed by atoms with van der Waals surface area (Å²) in [4.78, 5) is 18.8. The first kappa shape index (κ1) is 12.9. The van der Waals surface area contributed by atoms with E-state index in [-0.39, 0.29) is 17.3 Å². The van der Waals surface area contributed by atoms with Crippen molar-refractivity contribution < 1.29 is 14.3 Å². The normalized spacial score (nSPS) is 10.3. The lowest BCUT2D eigenvalue weighted by Gasteiger charge is -2.10. The van der Waals surface area contributed by atoms with Gasteiger partial charge in [0.05, 0.1) is 5.69 Å². The number of carboxylic acids is 1. The zero-order chi connectivity index (χ0) is 14.0. The zero-order valence-electron chi connectivity index (χ0n) is 10.4. The molecule has 98 valence electrons. The third kappa shape index (κ3) is 2.85. The van der Waals surface area contributed by atoms with Crippen molar-refractivity contribution in [3.63, 3.8) is 0 Å². The number of aromatic nitrogens is 2. The highest BCUT2D eigenvalue weighted by molar-refractivity contribution is 5.85. The lowest BCUT2D eigenvalue weighted by atomic mass is 10.2. The van der Waals surface area contributed by atoms with Crippen molar-refractivity contribution in [2.24, 2.45) is 0 Å². The predicted molar refractivity (Wildman–Crippen MR) is 68.1 cm³/mol. The average molecular weight is 261 g/mol. The van der Waals surface area contributed by atoms with Gasteiger partial charge in [0.25, 0.3) is 0 Å². The smallest absolute Gasteiger partial charge is 0.354 e. The molecule has 0 radical (unpaired) electrons. The Labute approximate surface area is 109 Å². The third-order valence-corrected chi connectivity index (χ3v) is 2.53. The summed E-state index contributed by atoms with van der Waals surface area (Å²) in [6, 6.07) is 5.99. The first-order valence-corrected chi connectivity index (χ1v) is 5.58. The monoisotopic (exact) mass is 261 g/mol. The summed E-state index contributed by atoms with van der Waals surface area (Å²) in [5.74, 6) is -1.54. The number of nitrogens with zero attached hydrogens (tertiary/aromatic N) is 2. The largest absolute Gasteiger partial charge is 0.477 e. The number of anilines is 2. The van der Waals surface area contributed by atoms with Crippen molar-refractivity contribution in [1.29, 1.82) is 0 Å². The second-order valence-corrected chi connectivity index (χ2v) is 4.08. The molecule has 0 spiro atoms. The van der Waals surface area contributed by atoms with Gasteiger partial charge in [-0.15, -0.1) is 0 Å². The van der Waals surface area contributed by atoms with Crippen molar-refractivity contribution in [3.05, 3.63) is 47.0 Å². The minimum absolute atomic E-state index is 0.0607. The first-order chi connectivity index (χ1) is 8.97. The summed E-state index contributed by atoms with van der Waals surface area (Å²) >= 11 is 0. The Morgan fingerprint density at radius 3 is 2.68 bits per heavy atom. The molecular weight excluding hydrogens is 249 g/mol. The molecule has 6 heteroatoms. The van der Waals surface area contributed by atoms with Crippen LogP contribution in [0, 0.1) is 19.7 Å². The molecule has 0 atom stereocenters. The molecule has 2 N–H and O–H groups in total. The molecule has 0 saturated heterocycles. The minimum atomic E-state index is -1.15. The molecular formula is C13H12FN3O2. The Hall–Kier alpha value is -2.50. The van der Waals surface area contributed by atoms with Gasteiger partial charge in [-0.25, -0.2) is 19.2 Å². The van der Waals surface area contributed by atoms with Gasteiger partial charge >= 0.3 is 5.97 Å². The summed E-state index contributed by atoms with van der Waals surface area (Å²) in [5, 5.41) is 11.6. The number of carbonyl (C=O) groups is 1. The summed E-state index contributed by atoms with van der Waals surface area (Å²) < 4.78 is 13.7. The number of aromatic carboxylic acids is 1. The van der Waals surface area contributed by atoms with Crippen LogP contribution in [0.1, 0.15) is 21.7 Å². The molecule has 5 nitrogen and oxygen atoms in total. The van der Waals surface area contributed by atoms with Crippen LogP contribution in [0.25, 0.3) is 0 Å². The number of benzene rings is 1. The van der Waals surface area contributed by atoms with Crippen molar-refractivity contribution in [3.8, 4) is 0 Å². The maximum Gasteiger partial charge on any atom is 0.354 e. The highest BCUT2D eigenvalue weighted by Gasteiger charge is 2.11. The van der Waals surface area contributed by atoms with E-state index in [1.807, 2.05) is 0 Å². The number of hydrogen-bond acceptors (Lipinski definition) is 4. The standard InChI is InChI=1S/C13H12FN3O2/c1-7-4-3-5-9(14)11(7)17-13-15-8(2)6-10(16-13)12(18)19/h3-6H,1-2H3,(H,18,19)(H,15,16,17). The van der Waals surface area contributed by atoms with Gasteiger partial charge in [0.2, 0.25) is 5.95 Å². The molecule has 1 heterocycles. The van der Waals surface area contributed by atoms with Crippen molar-refractivity contribution in [2.75, 3.05) is 5.32 Å². The molecule has 0 aliphatic heterocycles. The van der Waals surface area contributed by atoms with E-state index in [0.29, 0.717) is 11.3 Å². The second-order valence-electron chi connectivity index (χ2n) is 4.08. The van der Waals surface area contributed by atoms with Crippen LogP contribution in [0.5, 0.6) is 0 Å². The van der Waals surface area contributed by atoms with Gasteiger partial charge in [0.1, 0.15) is 5.82 Å². The summed E-state index contributed by atoms with van der Waals surface area (Å²) in [6.45, 7) is 3.38. The molecule has 0 bridgehead atoms. The van der Waals surface area contributed by atoms with Crippen molar-refractivity contribution in [2.45, 2.75) is 13.8 Å². The highest BCUT2D eigenvalue weighted by atomic mass is 19.1. The molecule has 0 aliphatic rings. The van der Waals surface area contributed by atoms with E-state index in [1.165, 1.54) is 12.1 Å². The number of hydrogen-bond donors (Lipinski definition) is 2. The molecule has 0 saturated carbocycles. The van der Waals surface area contributed by atoms with E-state index < -0.39 is 11.8 Å². The Morgan fingerprint density at radius 2 is 2.05 bits per heavy atom. The SMILES string of the molecule is Cc1cc(C(=O)O)nc(Nc2c(C)cccc2F)n1. The maximum atomic E-state index is 13.7. The minimum Gasteiger partial charge on any atom is -0.477 e. The topological polar surface area (TPSA) is 75.1 Å². The molecule has 2 rings (SSSR count). The Balaban J connectivity index is 2.41.